The maximum atomic E-state index is 5.34. The molecule has 0 fully saturated rings. The fourth-order valence-electron chi connectivity index (χ4n) is 1.85. The smallest absolute Gasteiger partial charge is 0.231 e. The molecule has 1 unspecified atom stereocenters. The van der Waals surface area contributed by atoms with Crippen molar-refractivity contribution in [3.05, 3.63) is 24.2 Å². The van der Waals surface area contributed by atoms with E-state index in [0.717, 1.165) is 18.6 Å². The fourth-order valence-corrected chi connectivity index (χ4v) is 1.85. The lowest BCUT2D eigenvalue weighted by molar-refractivity contribution is 0.494. The third-order valence-electron chi connectivity index (χ3n) is 3.03. The SMILES string of the molecule is CNc1nc(NC(C)CCc2ccco2)nc(N(C)C)n1. The van der Waals surface area contributed by atoms with E-state index in [4.69, 9.17) is 4.42 Å². The second kappa shape index (κ2) is 6.92. The normalized spacial score (nSPS) is 12.0. The van der Waals surface area contributed by atoms with Gasteiger partial charge in [-0.05, 0) is 25.5 Å². The third-order valence-corrected chi connectivity index (χ3v) is 3.03. The van der Waals surface area contributed by atoms with Crippen LogP contribution in [0.25, 0.3) is 0 Å². The molecule has 0 aliphatic carbocycles. The molecular weight excluding hydrogens is 268 g/mol. The first-order chi connectivity index (χ1) is 10.1. The molecule has 2 heterocycles. The van der Waals surface area contributed by atoms with E-state index in [-0.39, 0.29) is 6.04 Å². The first kappa shape index (κ1) is 15.1. The molecule has 2 N–H and O–H groups in total. The minimum Gasteiger partial charge on any atom is -0.469 e. The summed E-state index contributed by atoms with van der Waals surface area (Å²) >= 11 is 0. The Kier molecular flexibility index (Phi) is 4.97. The van der Waals surface area contributed by atoms with E-state index in [1.54, 1.807) is 13.3 Å². The largest absolute Gasteiger partial charge is 0.469 e. The Morgan fingerprint density at radius 3 is 2.62 bits per heavy atom. The van der Waals surface area contributed by atoms with Gasteiger partial charge in [0.25, 0.3) is 0 Å². The summed E-state index contributed by atoms with van der Waals surface area (Å²) in [5, 5.41) is 6.25. The second-order valence-electron chi connectivity index (χ2n) is 5.09. The van der Waals surface area contributed by atoms with Gasteiger partial charge in [-0.25, -0.2) is 0 Å². The van der Waals surface area contributed by atoms with Crippen molar-refractivity contribution in [2.24, 2.45) is 0 Å². The topological polar surface area (TPSA) is 79.1 Å². The molecule has 2 aromatic heterocycles. The van der Waals surface area contributed by atoms with Crippen molar-refractivity contribution in [1.82, 2.24) is 15.0 Å². The molecular formula is C14H22N6O. The molecule has 0 saturated heterocycles. The van der Waals surface area contributed by atoms with Gasteiger partial charge in [0.05, 0.1) is 6.26 Å². The highest BCUT2D eigenvalue weighted by molar-refractivity contribution is 5.42. The average Bonchev–Trinajstić information content (AvgIpc) is 2.98. The molecule has 0 bridgehead atoms. The number of anilines is 3. The second-order valence-corrected chi connectivity index (χ2v) is 5.09. The van der Waals surface area contributed by atoms with Crippen LogP contribution in [-0.2, 0) is 6.42 Å². The number of furan rings is 1. The van der Waals surface area contributed by atoms with Gasteiger partial charge >= 0.3 is 0 Å². The Labute approximate surface area is 124 Å². The summed E-state index contributed by atoms with van der Waals surface area (Å²) in [6, 6.07) is 4.12. The Balaban J connectivity index is 1.99. The molecule has 7 heteroatoms. The van der Waals surface area contributed by atoms with Gasteiger partial charge in [0, 0.05) is 33.6 Å². The lowest BCUT2D eigenvalue weighted by Crippen LogP contribution is -2.21. The lowest BCUT2D eigenvalue weighted by Gasteiger charge is -2.16. The molecule has 0 aromatic carbocycles. The number of rotatable bonds is 7. The van der Waals surface area contributed by atoms with E-state index in [1.165, 1.54) is 0 Å². The maximum Gasteiger partial charge on any atom is 0.231 e. The van der Waals surface area contributed by atoms with E-state index in [2.05, 4.69) is 32.5 Å². The summed E-state index contributed by atoms with van der Waals surface area (Å²) < 4.78 is 5.34. The number of aryl methyl sites for hydroxylation is 1. The zero-order valence-electron chi connectivity index (χ0n) is 12.9. The summed E-state index contributed by atoms with van der Waals surface area (Å²) in [5.41, 5.74) is 0. The monoisotopic (exact) mass is 290 g/mol. The van der Waals surface area contributed by atoms with E-state index >= 15 is 0 Å². The molecule has 0 spiro atoms. The van der Waals surface area contributed by atoms with Gasteiger partial charge in [-0.1, -0.05) is 0 Å². The minimum absolute atomic E-state index is 0.234. The summed E-state index contributed by atoms with van der Waals surface area (Å²) in [6.07, 6.45) is 3.51. The fraction of sp³-hybridized carbons (Fsp3) is 0.500. The molecule has 1 atom stereocenters. The van der Waals surface area contributed by atoms with E-state index < -0.39 is 0 Å². The Hall–Kier alpha value is -2.31. The van der Waals surface area contributed by atoms with Crippen molar-refractivity contribution in [3.8, 4) is 0 Å². The minimum atomic E-state index is 0.234. The highest BCUT2D eigenvalue weighted by atomic mass is 16.3. The third kappa shape index (κ3) is 4.34. The number of aromatic nitrogens is 3. The van der Waals surface area contributed by atoms with Crippen LogP contribution < -0.4 is 15.5 Å². The van der Waals surface area contributed by atoms with Gasteiger partial charge in [-0.2, -0.15) is 15.0 Å². The predicted octanol–water partition coefficient (Wildman–Crippen LogP) is 2.01. The van der Waals surface area contributed by atoms with Crippen LogP contribution in [0.2, 0.25) is 0 Å². The van der Waals surface area contributed by atoms with E-state index in [9.17, 15) is 0 Å². The average molecular weight is 290 g/mol. The lowest BCUT2D eigenvalue weighted by atomic mass is 10.1. The first-order valence-corrected chi connectivity index (χ1v) is 6.98. The summed E-state index contributed by atoms with van der Waals surface area (Å²) in [7, 11) is 5.59. The first-order valence-electron chi connectivity index (χ1n) is 6.98. The van der Waals surface area contributed by atoms with Gasteiger partial charge in [-0.15, -0.1) is 0 Å². The highest BCUT2D eigenvalue weighted by Crippen LogP contribution is 2.13. The van der Waals surface area contributed by atoms with Crippen molar-refractivity contribution in [1.29, 1.82) is 0 Å². The van der Waals surface area contributed by atoms with Crippen LogP contribution in [0.15, 0.2) is 22.8 Å². The zero-order chi connectivity index (χ0) is 15.2. The van der Waals surface area contributed by atoms with Gasteiger partial charge in [-0.3, -0.25) is 0 Å². The molecule has 0 aliphatic rings. The van der Waals surface area contributed by atoms with Crippen LogP contribution in [0.5, 0.6) is 0 Å². The number of hydrogen-bond donors (Lipinski definition) is 2. The summed E-state index contributed by atoms with van der Waals surface area (Å²) in [6.45, 7) is 2.10. The van der Waals surface area contributed by atoms with Crippen LogP contribution in [0, 0.1) is 0 Å². The predicted molar refractivity (Wildman–Crippen MR) is 83.8 cm³/mol. The molecule has 0 saturated carbocycles. The number of hydrogen-bond acceptors (Lipinski definition) is 7. The maximum absolute atomic E-state index is 5.34. The molecule has 21 heavy (non-hydrogen) atoms. The van der Waals surface area contributed by atoms with Crippen molar-refractivity contribution in [3.63, 3.8) is 0 Å². The van der Waals surface area contributed by atoms with Crippen LogP contribution in [0.3, 0.4) is 0 Å². The van der Waals surface area contributed by atoms with Crippen molar-refractivity contribution >= 4 is 17.8 Å². The summed E-state index contributed by atoms with van der Waals surface area (Å²) in [5.74, 6) is 2.73. The molecule has 7 nitrogen and oxygen atoms in total. The van der Waals surface area contributed by atoms with Crippen molar-refractivity contribution < 1.29 is 4.42 Å². The van der Waals surface area contributed by atoms with Crippen LogP contribution in [0.1, 0.15) is 19.1 Å². The Morgan fingerprint density at radius 1 is 1.24 bits per heavy atom. The molecule has 2 aromatic rings. The van der Waals surface area contributed by atoms with Gasteiger partial charge < -0.3 is 20.0 Å². The van der Waals surface area contributed by atoms with Gasteiger partial charge in [0.15, 0.2) is 0 Å². The molecule has 0 aliphatic heterocycles. The van der Waals surface area contributed by atoms with Crippen molar-refractivity contribution in [2.75, 3.05) is 36.7 Å². The van der Waals surface area contributed by atoms with Gasteiger partial charge in [0.2, 0.25) is 17.8 Å². The quantitative estimate of drug-likeness (QED) is 0.807. The zero-order valence-corrected chi connectivity index (χ0v) is 12.9. The molecule has 114 valence electrons. The van der Waals surface area contributed by atoms with Crippen LogP contribution in [0.4, 0.5) is 17.8 Å². The van der Waals surface area contributed by atoms with E-state index in [1.807, 2.05) is 31.1 Å². The number of nitrogens with zero attached hydrogens (tertiary/aromatic N) is 4. The number of nitrogens with one attached hydrogen (secondary N) is 2. The Bertz CT molecular complexity index is 555. The summed E-state index contributed by atoms with van der Waals surface area (Å²) in [4.78, 5) is 14.9. The molecule has 0 radical (unpaired) electrons. The highest BCUT2D eigenvalue weighted by Gasteiger charge is 2.10. The molecule has 0 amide bonds. The van der Waals surface area contributed by atoms with Crippen LogP contribution >= 0.6 is 0 Å². The van der Waals surface area contributed by atoms with Crippen LogP contribution in [-0.4, -0.2) is 42.1 Å². The van der Waals surface area contributed by atoms with Gasteiger partial charge in [0.1, 0.15) is 5.76 Å². The molecule has 2 rings (SSSR count). The Morgan fingerprint density at radius 2 is 2.00 bits per heavy atom. The van der Waals surface area contributed by atoms with Crippen molar-refractivity contribution in [2.45, 2.75) is 25.8 Å². The van der Waals surface area contributed by atoms with E-state index in [0.29, 0.717) is 17.8 Å². The standard InChI is InChI=1S/C14H22N6O/c1-10(7-8-11-6-5-9-21-11)16-13-17-12(15-2)18-14(19-13)20(3)4/h5-6,9-10H,7-8H2,1-4H3,(H2,15,16,17,18,19).